The summed E-state index contributed by atoms with van der Waals surface area (Å²) in [5.74, 6) is -1.42. The van der Waals surface area contributed by atoms with Crippen molar-refractivity contribution in [3.63, 3.8) is 0 Å². The molecule has 1 heterocycles. The lowest BCUT2D eigenvalue weighted by Crippen LogP contribution is -2.40. The number of carboxylic acid groups (broad SMARTS) is 1. The molecule has 114 valence electrons. The molecule has 5 nitrogen and oxygen atoms in total. The molecule has 0 spiro atoms. The standard InChI is InChI=1S/C16H21NO4/c1-21-11-10-17-14(18)9-5-8-13(16(19)20)15(17)12-6-3-2-4-7-12/h2-4,6-7,13,15H,5,8-11H2,1H3,(H,19,20). The van der Waals surface area contributed by atoms with Crippen molar-refractivity contribution >= 4 is 11.9 Å². The van der Waals surface area contributed by atoms with Gasteiger partial charge in [-0.1, -0.05) is 30.3 Å². The quantitative estimate of drug-likeness (QED) is 0.902. The summed E-state index contributed by atoms with van der Waals surface area (Å²) in [6, 6.07) is 8.99. The van der Waals surface area contributed by atoms with Crippen molar-refractivity contribution in [2.45, 2.75) is 25.3 Å². The van der Waals surface area contributed by atoms with Crippen LogP contribution in [0.25, 0.3) is 0 Å². The molecule has 21 heavy (non-hydrogen) atoms. The Labute approximate surface area is 124 Å². The summed E-state index contributed by atoms with van der Waals surface area (Å²) in [6.07, 6.45) is 1.53. The molecule has 0 aromatic heterocycles. The van der Waals surface area contributed by atoms with E-state index in [0.29, 0.717) is 32.4 Å². The molecular formula is C16H21NO4. The maximum atomic E-state index is 12.3. The molecule has 1 aromatic carbocycles. The Hall–Kier alpha value is -1.88. The van der Waals surface area contributed by atoms with Crippen molar-refractivity contribution in [2.24, 2.45) is 5.92 Å². The van der Waals surface area contributed by atoms with Gasteiger partial charge in [-0.05, 0) is 18.4 Å². The second kappa shape index (κ2) is 7.22. The zero-order valence-electron chi connectivity index (χ0n) is 12.2. The first-order chi connectivity index (χ1) is 10.1. The van der Waals surface area contributed by atoms with Crippen LogP contribution in [0, 0.1) is 5.92 Å². The molecule has 2 unspecified atom stereocenters. The minimum absolute atomic E-state index is 0.00431. The fraction of sp³-hybridized carbons (Fsp3) is 0.500. The SMILES string of the molecule is COCCN1C(=O)CCCC(C(=O)O)C1c1ccccc1. The number of aliphatic carboxylic acids is 1. The summed E-state index contributed by atoms with van der Waals surface area (Å²) in [5, 5.41) is 9.56. The first-order valence-corrected chi connectivity index (χ1v) is 7.21. The Balaban J connectivity index is 2.39. The van der Waals surface area contributed by atoms with Crippen molar-refractivity contribution in [1.82, 2.24) is 4.90 Å². The number of hydrogen-bond acceptors (Lipinski definition) is 3. The second-order valence-electron chi connectivity index (χ2n) is 5.27. The third-order valence-corrected chi connectivity index (χ3v) is 3.94. The van der Waals surface area contributed by atoms with Gasteiger partial charge in [0, 0.05) is 20.1 Å². The van der Waals surface area contributed by atoms with Gasteiger partial charge in [-0.15, -0.1) is 0 Å². The number of methoxy groups -OCH3 is 1. The Morgan fingerprint density at radius 2 is 2.10 bits per heavy atom. The average molecular weight is 291 g/mol. The molecule has 1 saturated heterocycles. The summed E-state index contributed by atoms with van der Waals surface area (Å²) in [7, 11) is 1.58. The Bertz CT molecular complexity index is 488. The lowest BCUT2D eigenvalue weighted by Gasteiger charge is -2.33. The number of amides is 1. The highest BCUT2D eigenvalue weighted by molar-refractivity contribution is 5.79. The fourth-order valence-corrected chi connectivity index (χ4v) is 2.92. The number of likely N-dealkylation sites (tertiary alicyclic amines) is 1. The molecule has 2 atom stereocenters. The van der Waals surface area contributed by atoms with Gasteiger partial charge < -0.3 is 14.7 Å². The van der Waals surface area contributed by atoms with E-state index in [1.165, 1.54) is 0 Å². The molecule has 1 N–H and O–H groups in total. The summed E-state index contributed by atoms with van der Waals surface area (Å²) in [5.41, 5.74) is 0.872. The van der Waals surface area contributed by atoms with Crippen LogP contribution in [0.3, 0.4) is 0 Å². The van der Waals surface area contributed by atoms with Crippen LogP contribution in [0.15, 0.2) is 30.3 Å². The molecule has 0 bridgehead atoms. The number of carboxylic acids is 1. The lowest BCUT2D eigenvalue weighted by molar-refractivity contribution is -0.146. The maximum absolute atomic E-state index is 12.3. The predicted octanol–water partition coefficient (Wildman–Crippen LogP) is 2.09. The van der Waals surface area contributed by atoms with Gasteiger partial charge >= 0.3 is 5.97 Å². The van der Waals surface area contributed by atoms with E-state index >= 15 is 0 Å². The van der Waals surface area contributed by atoms with Crippen LogP contribution in [0.4, 0.5) is 0 Å². The largest absolute Gasteiger partial charge is 0.481 e. The zero-order chi connectivity index (χ0) is 15.2. The molecule has 2 rings (SSSR count). The number of hydrogen-bond donors (Lipinski definition) is 1. The van der Waals surface area contributed by atoms with Crippen LogP contribution in [0.2, 0.25) is 0 Å². The minimum Gasteiger partial charge on any atom is -0.481 e. The highest BCUT2D eigenvalue weighted by Gasteiger charge is 2.38. The van der Waals surface area contributed by atoms with E-state index in [-0.39, 0.29) is 5.91 Å². The summed E-state index contributed by atoms with van der Waals surface area (Å²) in [4.78, 5) is 25.7. The van der Waals surface area contributed by atoms with Crippen LogP contribution in [0.5, 0.6) is 0 Å². The molecule has 1 aliphatic heterocycles. The normalized spacial score (nSPS) is 22.9. The van der Waals surface area contributed by atoms with Crippen LogP contribution < -0.4 is 0 Å². The molecule has 0 aliphatic carbocycles. The van der Waals surface area contributed by atoms with Crippen LogP contribution in [-0.2, 0) is 14.3 Å². The molecular weight excluding hydrogens is 270 g/mol. The number of carbonyl (C=O) groups excluding carboxylic acids is 1. The number of benzene rings is 1. The van der Waals surface area contributed by atoms with Gasteiger partial charge in [-0.2, -0.15) is 0 Å². The van der Waals surface area contributed by atoms with Crippen LogP contribution in [-0.4, -0.2) is 42.1 Å². The monoisotopic (exact) mass is 291 g/mol. The van der Waals surface area contributed by atoms with E-state index < -0.39 is 17.9 Å². The summed E-state index contributed by atoms with van der Waals surface area (Å²) >= 11 is 0. The van der Waals surface area contributed by atoms with Crippen molar-refractivity contribution < 1.29 is 19.4 Å². The molecule has 1 amide bonds. The van der Waals surface area contributed by atoms with Gasteiger partial charge in [-0.3, -0.25) is 9.59 Å². The van der Waals surface area contributed by atoms with Crippen LogP contribution in [0.1, 0.15) is 30.9 Å². The first-order valence-electron chi connectivity index (χ1n) is 7.21. The third-order valence-electron chi connectivity index (χ3n) is 3.94. The number of carbonyl (C=O) groups is 2. The van der Waals surface area contributed by atoms with E-state index in [9.17, 15) is 14.7 Å². The third kappa shape index (κ3) is 3.61. The van der Waals surface area contributed by atoms with Gasteiger partial charge in [-0.25, -0.2) is 0 Å². The van der Waals surface area contributed by atoms with E-state index in [1.54, 1.807) is 12.0 Å². The molecule has 0 radical (unpaired) electrons. The zero-order valence-corrected chi connectivity index (χ0v) is 12.2. The van der Waals surface area contributed by atoms with Crippen molar-refractivity contribution in [3.8, 4) is 0 Å². The number of ether oxygens (including phenoxy) is 1. The lowest BCUT2D eigenvalue weighted by atomic mass is 9.89. The van der Waals surface area contributed by atoms with E-state index in [2.05, 4.69) is 0 Å². The van der Waals surface area contributed by atoms with Gasteiger partial charge in [0.15, 0.2) is 0 Å². The van der Waals surface area contributed by atoms with Gasteiger partial charge in [0.1, 0.15) is 0 Å². The van der Waals surface area contributed by atoms with Crippen LogP contribution >= 0.6 is 0 Å². The van der Waals surface area contributed by atoms with Crippen molar-refractivity contribution in [3.05, 3.63) is 35.9 Å². The van der Waals surface area contributed by atoms with E-state index in [1.807, 2.05) is 30.3 Å². The van der Waals surface area contributed by atoms with Gasteiger partial charge in [0.25, 0.3) is 0 Å². The topological polar surface area (TPSA) is 66.8 Å². The Morgan fingerprint density at radius 3 is 2.71 bits per heavy atom. The molecule has 5 heteroatoms. The summed E-state index contributed by atoms with van der Waals surface area (Å²) < 4.78 is 5.07. The predicted molar refractivity (Wildman–Crippen MR) is 77.7 cm³/mol. The Morgan fingerprint density at radius 1 is 1.38 bits per heavy atom. The van der Waals surface area contributed by atoms with Gasteiger partial charge in [0.05, 0.1) is 18.6 Å². The van der Waals surface area contributed by atoms with E-state index in [0.717, 1.165) is 5.56 Å². The van der Waals surface area contributed by atoms with Crippen molar-refractivity contribution in [2.75, 3.05) is 20.3 Å². The Kier molecular flexibility index (Phi) is 5.33. The first kappa shape index (κ1) is 15.5. The fourth-order valence-electron chi connectivity index (χ4n) is 2.92. The molecule has 1 aromatic rings. The smallest absolute Gasteiger partial charge is 0.308 e. The molecule has 1 aliphatic rings. The number of nitrogens with zero attached hydrogens (tertiary/aromatic N) is 1. The number of rotatable bonds is 5. The summed E-state index contributed by atoms with van der Waals surface area (Å²) in [6.45, 7) is 0.820. The maximum Gasteiger partial charge on any atom is 0.308 e. The molecule has 1 fully saturated rings. The van der Waals surface area contributed by atoms with Crippen molar-refractivity contribution in [1.29, 1.82) is 0 Å². The van der Waals surface area contributed by atoms with E-state index in [4.69, 9.17) is 4.74 Å². The van der Waals surface area contributed by atoms with Gasteiger partial charge in [0.2, 0.25) is 5.91 Å². The molecule has 0 saturated carbocycles. The highest BCUT2D eigenvalue weighted by atomic mass is 16.5. The minimum atomic E-state index is -0.846. The second-order valence-corrected chi connectivity index (χ2v) is 5.27. The average Bonchev–Trinajstić information content (AvgIpc) is 2.65. The highest BCUT2D eigenvalue weighted by Crippen LogP contribution is 2.35.